The van der Waals surface area contributed by atoms with E-state index >= 15 is 0 Å². The first kappa shape index (κ1) is 16.7. The predicted molar refractivity (Wildman–Crippen MR) is 82.8 cm³/mol. The number of aliphatic hydroxyl groups excluding tert-OH is 1. The van der Waals surface area contributed by atoms with Crippen LogP contribution in [0.3, 0.4) is 0 Å². The van der Waals surface area contributed by atoms with Crippen molar-refractivity contribution in [1.29, 1.82) is 0 Å². The van der Waals surface area contributed by atoms with Crippen LogP contribution in [0.15, 0.2) is 23.1 Å². The number of rotatable bonds is 4. The summed E-state index contributed by atoms with van der Waals surface area (Å²) in [6.07, 6.45) is 1.85. The second kappa shape index (κ2) is 6.62. The number of sulfonamides is 1. The molecule has 0 bridgehead atoms. The number of hydrogen-bond donors (Lipinski definition) is 1. The Kier molecular flexibility index (Phi) is 5.27. The molecule has 0 aromatic heterocycles. The number of piperidine rings is 1. The molecule has 7 heteroatoms. The lowest BCUT2D eigenvalue weighted by atomic mass is 10.1. The second-order valence-corrected chi connectivity index (χ2v) is 7.90. The minimum atomic E-state index is -3.57. The highest BCUT2D eigenvalue weighted by atomic mass is 35.5. The zero-order valence-corrected chi connectivity index (χ0v) is 13.9. The lowest BCUT2D eigenvalue weighted by Gasteiger charge is -2.35. The lowest BCUT2D eigenvalue weighted by molar-refractivity contribution is 0.187. The molecule has 1 aromatic carbocycles. The van der Waals surface area contributed by atoms with Crippen LogP contribution < -0.4 is 0 Å². The van der Waals surface area contributed by atoms with Gasteiger partial charge in [0.1, 0.15) is 0 Å². The highest BCUT2D eigenvalue weighted by molar-refractivity contribution is 7.89. The second-order valence-electron chi connectivity index (χ2n) is 5.49. The molecule has 5 nitrogen and oxygen atoms in total. The maximum atomic E-state index is 12.7. The minimum absolute atomic E-state index is 0.0259. The van der Waals surface area contributed by atoms with Crippen LogP contribution in [0.5, 0.6) is 0 Å². The van der Waals surface area contributed by atoms with Gasteiger partial charge >= 0.3 is 0 Å². The number of nitrogens with zero attached hydrogens (tertiary/aromatic N) is 2. The summed E-state index contributed by atoms with van der Waals surface area (Å²) < 4.78 is 26.8. The molecule has 1 fully saturated rings. The highest BCUT2D eigenvalue weighted by Gasteiger charge is 2.30. The summed E-state index contributed by atoms with van der Waals surface area (Å²) in [6, 6.07) is 4.42. The van der Waals surface area contributed by atoms with Crippen LogP contribution in [-0.2, 0) is 16.6 Å². The predicted octanol–water partition coefficient (Wildman–Crippen LogP) is 1.55. The average Bonchev–Trinajstić information content (AvgIpc) is 2.46. The van der Waals surface area contributed by atoms with Crippen molar-refractivity contribution in [3.63, 3.8) is 0 Å². The molecule has 0 amide bonds. The summed E-state index contributed by atoms with van der Waals surface area (Å²) in [7, 11) is 0.0418. The van der Waals surface area contributed by atoms with Crippen molar-refractivity contribution >= 4 is 21.6 Å². The van der Waals surface area contributed by atoms with Gasteiger partial charge < -0.3 is 10.0 Å². The van der Waals surface area contributed by atoms with Gasteiger partial charge in [-0.25, -0.2) is 8.42 Å². The summed E-state index contributed by atoms with van der Waals surface area (Å²) in [5.74, 6) is 0. The van der Waals surface area contributed by atoms with Crippen molar-refractivity contribution in [2.45, 2.75) is 30.4 Å². The van der Waals surface area contributed by atoms with Crippen LogP contribution in [0, 0.1) is 0 Å². The normalized spacial score (nSPS) is 20.9. The van der Waals surface area contributed by atoms with Crippen molar-refractivity contribution in [1.82, 2.24) is 9.21 Å². The minimum Gasteiger partial charge on any atom is -0.392 e. The molecule has 1 aliphatic heterocycles. The van der Waals surface area contributed by atoms with Gasteiger partial charge in [-0.3, -0.25) is 0 Å². The molecule has 1 atom stereocenters. The molecule has 1 aromatic rings. The van der Waals surface area contributed by atoms with Crippen molar-refractivity contribution in [3.05, 3.63) is 28.8 Å². The van der Waals surface area contributed by atoms with Gasteiger partial charge in [-0.1, -0.05) is 11.6 Å². The van der Waals surface area contributed by atoms with Crippen molar-refractivity contribution in [3.8, 4) is 0 Å². The lowest BCUT2D eigenvalue weighted by Crippen LogP contribution is -2.47. The Hall–Kier alpha value is -0.660. The Balaban J connectivity index is 2.28. The Labute approximate surface area is 131 Å². The van der Waals surface area contributed by atoms with Crippen LogP contribution in [0.25, 0.3) is 0 Å². The van der Waals surface area contributed by atoms with Gasteiger partial charge in [0, 0.05) is 24.7 Å². The van der Waals surface area contributed by atoms with E-state index in [0.717, 1.165) is 25.9 Å². The molecule has 0 spiro atoms. The van der Waals surface area contributed by atoms with E-state index in [0.29, 0.717) is 10.6 Å². The zero-order valence-electron chi connectivity index (χ0n) is 12.3. The number of likely N-dealkylation sites (N-methyl/N-ethyl adjacent to an activating group) is 2. The Morgan fingerprint density at radius 1 is 1.48 bits per heavy atom. The molecule has 0 radical (unpaired) electrons. The molecule has 21 heavy (non-hydrogen) atoms. The first-order valence-corrected chi connectivity index (χ1v) is 8.74. The van der Waals surface area contributed by atoms with Crippen molar-refractivity contribution in [2.24, 2.45) is 0 Å². The fraction of sp³-hybridized carbons (Fsp3) is 0.571. The van der Waals surface area contributed by atoms with E-state index in [2.05, 4.69) is 4.90 Å². The number of halogens is 1. The smallest absolute Gasteiger partial charge is 0.243 e. The van der Waals surface area contributed by atoms with E-state index in [-0.39, 0.29) is 17.5 Å². The fourth-order valence-corrected chi connectivity index (χ4v) is 4.24. The van der Waals surface area contributed by atoms with Crippen LogP contribution in [0.2, 0.25) is 5.02 Å². The molecule has 1 saturated heterocycles. The largest absolute Gasteiger partial charge is 0.392 e. The Bertz CT molecular complexity index is 606. The molecule has 118 valence electrons. The van der Waals surface area contributed by atoms with Crippen LogP contribution in [0.1, 0.15) is 18.4 Å². The standard InChI is InChI=1S/C14H21ClN2O3S/c1-16-7-3-4-12(9-16)17(2)21(19,20)13-5-6-14(15)11(8-13)10-18/h5-6,8,12,18H,3-4,7,9-10H2,1-2H3. The summed E-state index contributed by atoms with van der Waals surface area (Å²) in [4.78, 5) is 2.31. The van der Waals surface area contributed by atoms with E-state index in [1.54, 1.807) is 7.05 Å². The third-order valence-electron chi connectivity index (χ3n) is 3.98. The molecule has 0 saturated carbocycles. The number of hydrogen-bond acceptors (Lipinski definition) is 4. The van der Waals surface area contributed by atoms with Gasteiger partial charge in [0.05, 0.1) is 11.5 Å². The van der Waals surface area contributed by atoms with Crippen molar-refractivity contribution < 1.29 is 13.5 Å². The van der Waals surface area contributed by atoms with Gasteiger partial charge in [0.15, 0.2) is 0 Å². The number of aliphatic hydroxyl groups is 1. The summed E-state index contributed by atoms with van der Waals surface area (Å²) in [5.41, 5.74) is 0.423. The summed E-state index contributed by atoms with van der Waals surface area (Å²) in [6.45, 7) is 1.45. The van der Waals surface area contributed by atoms with E-state index in [1.165, 1.54) is 22.5 Å². The monoisotopic (exact) mass is 332 g/mol. The third-order valence-corrected chi connectivity index (χ3v) is 6.25. The van der Waals surface area contributed by atoms with E-state index in [9.17, 15) is 13.5 Å². The average molecular weight is 333 g/mol. The van der Waals surface area contributed by atoms with Crippen molar-refractivity contribution in [2.75, 3.05) is 27.2 Å². The summed E-state index contributed by atoms with van der Waals surface area (Å²) >= 11 is 5.92. The highest BCUT2D eigenvalue weighted by Crippen LogP contribution is 2.25. The number of benzene rings is 1. The van der Waals surface area contributed by atoms with Gasteiger partial charge in [-0.2, -0.15) is 4.31 Å². The maximum Gasteiger partial charge on any atom is 0.243 e. The van der Waals surface area contributed by atoms with E-state index in [1.807, 2.05) is 7.05 Å². The van der Waals surface area contributed by atoms with Gasteiger partial charge in [-0.15, -0.1) is 0 Å². The third kappa shape index (κ3) is 3.57. The molecule has 1 aliphatic rings. The van der Waals surface area contributed by atoms with Crippen LogP contribution in [0.4, 0.5) is 0 Å². The fourth-order valence-electron chi connectivity index (χ4n) is 2.63. The molecule has 1 heterocycles. The molecule has 0 aliphatic carbocycles. The molecule has 1 unspecified atom stereocenters. The first-order chi connectivity index (χ1) is 9.86. The molecule has 2 rings (SSSR count). The van der Waals surface area contributed by atoms with Crippen LogP contribution in [-0.4, -0.2) is 56.0 Å². The van der Waals surface area contributed by atoms with Gasteiger partial charge in [-0.05, 0) is 50.2 Å². The zero-order chi connectivity index (χ0) is 15.6. The Morgan fingerprint density at radius 2 is 2.19 bits per heavy atom. The molecular weight excluding hydrogens is 312 g/mol. The topological polar surface area (TPSA) is 60.9 Å². The SMILES string of the molecule is CN1CCCC(N(C)S(=O)(=O)c2ccc(Cl)c(CO)c2)C1. The molecule has 1 N–H and O–H groups in total. The van der Waals surface area contributed by atoms with E-state index < -0.39 is 10.0 Å². The van der Waals surface area contributed by atoms with Crippen LogP contribution >= 0.6 is 11.6 Å². The number of likely N-dealkylation sites (tertiary alicyclic amines) is 1. The van der Waals surface area contributed by atoms with E-state index in [4.69, 9.17) is 11.6 Å². The molecular formula is C14H21ClN2O3S. The van der Waals surface area contributed by atoms with Gasteiger partial charge in [0.25, 0.3) is 0 Å². The first-order valence-electron chi connectivity index (χ1n) is 6.92. The quantitative estimate of drug-likeness (QED) is 0.908. The summed E-state index contributed by atoms with van der Waals surface area (Å²) in [5, 5.41) is 9.60. The maximum absolute atomic E-state index is 12.7. The van der Waals surface area contributed by atoms with Gasteiger partial charge in [0.2, 0.25) is 10.0 Å². The Morgan fingerprint density at radius 3 is 2.81 bits per heavy atom.